The third-order valence-electron chi connectivity index (χ3n) is 2.64. The Hall–Kier alpha value is -1.13. The lowest BCUT2D eigenvalue weighted by Gasteiger charge is -2.14. The normalized spacial score (nSPS) is 12.6. The van der Waals surface area contributed by atoms with Gasteiger partial charge >= 0.3 is 0 Å². The predicted octanol–water partition coefficient (Wildman–Crippen LogP) is 1.18. The molecule has 0 radical (unpaired) electrons. The van der Waals surface area contributed by atoms with Crippen LogP contribution in [0.1, 0.15) is 23.7 Å². The van der Waals surface area contributed by atoms with Crippen LogP contribution >= 0.6 is 0 Å². The summed E-state index contributed by atoms with van der Waals surface area (Å²) in [6.07, 6.45) is 1.81. The van der Waals surface area contributed by atoms with E-state index in [0.717, 1.165) is 22.6 Å². The zero-order valence-electron chi connectivity index (χ0n) is 10.4. The average molecular weight is 224 g/mol. The number of nitrogens with one attached hydrogen (secondary N) is 1. The van der Waals surface area contributed by atoms with Crippen LogP contribution in [0.15, 0.2) is 6.20 Å². The first-order chi connectivity index (χ1) is 7.60. The van der Waals surface area contributed by atoms with Crippen molar-refractivity contribution in [3.05, 3.63) is 23.0 Å². The van der Waals surface area contributed by atoms with E-state index in [1.807, 2.05) is 27.0 Å². The van der Waals surface area contributed by atoms with E-state index >= 15 is 0 Å². The van der Waals surface area contributed by atoms with Gasteiger partial charge in [0, 0.05) is 29.9 Å². The molecule has 1 unspecified atom stereocenters. The van der Waals surface area contributed by atoms with Crippen LogP contribution in [0, 0.1) is 13.8 Å². The molecule has 0 saturated heterocycles. The van der Waals surface area contributed by atoms with Gasteiger partial charge in [-0.05, 0) is 20.8 Å². The number of aliphatic hydroxyl groups excluding tert-OH is 1. The number of rotatable bonds is 5. The van der Waals surface area contributed by atoms with E-state index in [2.05, 4.69) is 10.3 Å². The van der Waals surface area contributed by atoms with Crippen molar-refractivity contribution in [2.75, 3.05) is 13.7 Å². The second kappa shape index (κ2) is 5.82. The van der Waals surface area contributed by atoms with Gasteiger partial charge in [0.05, 0.1) is 19.4 Å². The molecule has 0 aliphatic carbocycles. The lowest BCUT2D eigenvalue weighted by atomic mass is 10.1. The van der Waals surface area contributed by atoms with Crippen LogP contribution in [-0.4, -0.2) is 29.8 Å². The van der Waals surface area contributed by atoms with Crippen LogP contribution in [0.5, 0.6) is 5.75 Å². The maximum absolute atomic E-state index is 8.92. The Morgan fingerprint density at radius 1 is 1.50 bits per heavy atom. The molecular formula is C12H20N2O2. The molecule has 0 fully saturated rings. The summed E-state index contributed by atoms with van der Waals surface area (Å²) in [5, 5.41) is 12.1. The van der Waals surface area contributed by atoms with E-state index in [4.69, 9.17) is 9.84 Å². The third-order valence-corrected chi connectivity index (χ3v) is 2.64. The molecule has 1 aromatic rings. The molecule has 4 nitrogen and oxygen atoms in total. The number of methoxy groups -OCH3 is 1. The molecule has 0 aliphatic rings. The van der Waals surface area contributed by atoms with Gasteiger partial charge in [-0.15, -0.1) is 0 Å². The summed E-state index contributed by atoms with van der Waals surface area (Å²) in [4.78, 5) is 4.37. The van der Waals surface area contributed by atoms with Gasteiger partial charge in [-0.2, -0.15) is 0 Å². The smallest absolute Gasteiger partial charge is 0.128 e. The van der Waals surface area contributed by atoms with Gasteiger partial charge in [-0.25, -0.2) is 0 Å². The minimum absolute atomic E-state index is 0.0773. The Bertz CT molecular complexity index is 353. The SMILES string of the molecule is COc1c(C)cnc(CNC(C)CO)c1C. The Balaban J connectivity index is 2.81. The number of nitrogens with zero attached hydrogens (tertiary/aromatic N) is 1. The molecule has 16 heavy (non-hydrogen) atoms. The van der Waals surface area contributed by atoms with E-state index in [9.17, 15) is 0 Å². The molecule has 1 heterocycles. The highest BCUT2D eigenvalue weighted by Gasteiger charge is 2.09. The first-order valence-electron chi connectivity index (χ1n) is 5.43. The summed E-state index contributed by atoms with van der Waals surface area (Å²) in [5.74, 6) is 0.892. The van der Waals surface area contributed by atoms with Crippen LogP contribution in [0.25, 0.3) is 0 Å². The zero-order valence-corrected chi connectivity index (χ0v) is 10.4. The van der Waals surface area contributed by atoms with Crippen molar-refractivity contribution in [3.63, 3.8) is 0 Å². The van der Waals surface area contributed by atoms with Crippen molar-refractivity contribution >= 4 is 0 Å². The number of aliphatic hydroxyl groups is 1. The minimum Gasteiger partial charge on any atom is -0.496 e. The molecule has 1 rings (SSSR count). The van der Waals surface area contributed by atoms with Gasteiger partial charge in [0.15, 0.2) is 0 Å². The standard InChI is InChI=1S/C12H20N2O2/c1-8-5-14-11(6-13-9(2)7-15)10(3)12(8)16-4/h5,9,13,15H,6-7H2,1-4H3. The second-order valence-corrected chi connectivity index (χ2v) is 4.01. The monoisotopic (exact) mass is 224 g/mol. The Morgan fingerprint density at radius 3 is 2.75 bits per heavy atom. The molecule has 90 valence electrons. The largest absolute Gasteiger partial charge is 0.496 e. The van der Waals surface area contributed by atoms with Crippen molar-refractivity contribution in [2.45, 2.75) is 33.4 Å². The Labute approximate surface area is 96.7 Å². The number of hydrogen-bond donors (Lipinski definition) is 2. The maximum atomic E-state index is 8.92. The first-order valence-corrected chi connectivity index (χ1v) is 5.43. The van der Waals surface area contributed by atoms with Crippen molar-refractivity contribution in [1.82, 2.24) is 10.3 Å². The van der Waals surface area contributed by atoms with Gasteiger partial charge in [-0.3, -0.25) is 4.98 Å². The highest BCUT2D eigenvalue weighted by molar-refractivity contribution is 5.40. The Morgan fingerprint density at radius 2 is 2.19 bits per heavy atom. The lowest BCUT2D eigenvalue weighted by Crippen LogP contribution is -2.29. The summed E-state index contributed by atoms with van der Waals surface area (Å²) in [6, 6.07) is 0.0773. The number of pyridine rings is 1. The van der Waals surface area contributed by atoms with Gasteiger partial charge in [-0.1, -0.05) is 0 Å². The van der Waals surface area contributed by atoms with Gasteiger partial charge in [0.1, 0.15) is 5.75 Å². The topological polar surface area (TPSA) is 54.4 Å². The lowest BCUT2D eigenvalue weighted by molar-refractivity contribution is 0.250. The van der Waals surface area contributed by atoms with Crippen LogP contribution in [0.4, 0.5) is 0 Å². The third kappa shape index (κ3) is 2.93. The summed E-state index contributed by atoms with van der Waals surface area (Å²) in [7, 11) is 1.67. The fraction of sp³-hybridized carbons (Fsp3) is 0.583. The second-order valence-electron chi connectivity index (χ2n) is 4.01. The minimum atomic E-state index is 0.0773. The van der Waals surface area contributed by atoms with Crippen LogP contribution in [-0.2, 0) is 6.54 Å². The van der Waals surface area contributed by atoms with E-state index in [0.29, 0.717) is 6.54 Å². The van der Waals surface area contributed by atoms with E-state index in [1.54, 1.807) is 7.11 Å². The highest BCUT2D eigenvalue weighted by Crippen LogP contribution is 2.23. The summed E-state index contributed by atoms with van der Waals surface area (Å²) < 4.78 is 5.33. The summed E-state index contributed by atoms with van der Waals surface area (Å²) >= 11 is 0. The van der Waals surface area contributed by atoms with E-state index in [-0.39, 0.29) is 12.6 Å². The molecule has 0 spiro atoms. The van der Waals surface area contributed by atoms with Crippen molar-refractivity contribution in [2.24, 2.45) is 0 Å². The van der Waals surface area contributed by atoms with Crippen molar-refractivity contribution in [1.29, 1.82) is 0 Å². The highest BCUT2D eigenvalue weighted by atomic mass is 16.5. The quantitative estimate of drug-likeness (QED) is 0.788. The molecular weight excluding hydrogens is 204 g/mol. The molecule has 1 atom stereocenters. The molecule has 0 saturated carbocycles. The number of aryl methyl sites for hydroxylation is 1. The molecule has 0 aliphatic heterocycles. The molecule has 0 bridgehead atoms. The average Bonchev–Trinajstić information content (AvgIpc) is 2.28. The van der Waals surface area contributed by atoms with Crippen LogP contribution < -0.4 is 10.1 Å². The molecule has 2 N–H and O–H groups in total. The van der Waals surface area contributed by atoms with Crippen molar-refractivity contribution < 1.29 is 9.84 Å². The van der Waals surface area contributed by atoms with Crippen LogP contribution in [0.3, 0.4) is 0 Å². The van der Waals surface area contributed by atoms with Crippen molar-refractivity contribution in [3.8, 4) is 5.75 Å². The van der Waals surface area contributed by atoms with Gasteiger partial charge in [0.2, 0.25) is 0 Å². The van der Waals surface area contributed by atoms with Gasteiger partial charge < -0.3 is 15.2 Å². The number of ether oxygens (including phenoxy) is 1. The molecule has 0 aromatic carbocycles. The maximum Gasteiger partial charge on any atom is 0.128 e. The number of hydrogen-bond acceptors (Lipinski definition) is 4. The molecule has 1 aromatic heterocycles. The Kier molecular flexibility index (Phi) is 4.71. The molecule has 4 heteroatoms. The fourth-order valence-corrected chi connectivity index (χ4v) is 1.58. The summed E-state index contributed by atoms with van der Waals surface area (Å²) in [5.41, 5.74) is 3.06. The molecule has 0 amide bonds. The van der Waals surface area contributed by atoms with Gasteiger partial charge in [0.25, 0.3) is 0 Å². The van der Waals surface area contributed by atoms with E-state index < -0.39 is 0 Å². The predicted molar refractivity (Wildman–Crippen MR) is 63.7 cm³/mol. The number of aromatic nitrogens is 1. The fourth-order valence-electron chi connectivity index (χ4n) is 1.58. The van der Waals surface area contributed by atoms with Crippen LogP contribution in [0.2, 0.25) is 0 Å². The first kappa shape index (κ1) is 12.9. The zero-order chi connectivity index (χ0) is 12.1. The summed E-state index contributed by atoms with van der Waals surface area (Å²) in [6.45, 7) is 6.68. The van der Waals surface area contributed by atoms with E-state index in [1.165, 1.54) is 0 Å².